The Hall–Kier alpha value is -2.78. The van der Waals surface area contributed by atoms with Gasteiger partial charge in [-0.1, -0.05) is 23.1 Å². The number of hydrogen-bond donors (Lipinski definition) is 0. The predicted molar refractivity (Wildman–Crippen MR) is 113 cm³/mol. The van der Waals surface area contributed by atoms with Gasteiger partial charge in [0.1, 0.15) is 13.7 Å². The highest BCUT2D eigenvalue weighted by Gasteiger charge is 2.27. The van der Waals surface area contributed by atoms with Crippen LogP contribution in [0.25, 0.3) is 21.0 Å². The van der Waals surface area contributed by atoms with Crippen molar-refractivity contribution in [1.82, 2.24) is 24.6 Å². The number of halogens is 2. The van der Waals surface area contributed by atoms with Crippen molar-refractivity contribution in [3.8, 4) is 10.8 Å². The summed E-state index contributed by atoms with van der Waals surface area (Å²) in [6, 6.07) is 10.0. The number of nitrogens with zero attached hydrogens (tertiary/aromatic N) is 5. The van der Waals surface area contributed by atoms with Crippen LogP contribution in [0.4, 0.5) is 4.39 Å². The zero-order chi connectivity index (χ0) is 20.1. The lowest BCUT2D eigenvalue weighted by molar-refractivity contribution is 0.0708. The molecule has 0 fully saturated rings. The summed E-state index contributed by atoms with van der Waals surface area (Å²) in [5, 5.41) is 10.0. The Morgan fingerprint density at radius 3 is 2.86 bits per heavy atom. The van der Waals surface area contributed by atoms with Gasteiger partial charge in [0.2, 0.25) is 0 Å². The van der Waals surface area contributed by atoms with E-state index in [0.717, 1.165) is 15.2 Å². The normalized spacial score (nSPS) is 13.7. The molecular weight excluding hydrogens is 412 g/mol. The Morgan fingerprint density at radius 1 is 1.17 bits per heavy atom. The van der Waals surface area contributed by atoms with Crippen LogP contribution in [0, 0.1) is 5.82 Å². The SMILES string of the molecule is Bc1cc(C(=O)N2CCn3c(nnc3-c3nc4ccc(Cl)cc4s3)C2)ccc1F. The molecule has 0 saturated carbocycles. The summed E-state index contributed by atoms with van der Waals surface area (Å²) in [7, 11) is 1.65. The van der Waals surface area contributed by atoms with Crippen molar-refractivity contribution in [2.45, 2.75) is 13.1 Å². The average Bonchev–Trinajstić information content (AvgIpc) is 3.32. The van der Waals surface area contributed by atoms with Crippen LogP contribution in [0.15, 0.2) is 36.4 Å². The first-order chi connectivity index (χ1) is 14.0. The second-order valence-electron chi connectivity index (χ2n) is 6.91. The van der Waals surface area contributed by atoms with E-state index in [1.165, 1.54) is 23.5 Å². The van der Waals surface area contributed by atoms with E-state index in [2.05, 4.69) is 15.2 Å². The molecule has 2 aromatic heterocycles. The van der Waals surface area contributed by atoms with E-state index in [9.17, 15) is 9.18 Å². The van der Waals surface area contributed by atoms with Crippen LogP contribution in [-0.2, 0) is 13.1 Å². The number of hydrogen-bond acceptors (Lipinski definition) is 5. The van der Waals surface area contributed by atoms with Gasteiger partial charge in [0, 0.05) is 23.7 Å². The summed E-state index contributed by atoms with van der Waals surface area (Å²) >= 11 is 7.58. The number of fused-ring (bicyclic) bond motifs is 2. The van der Waals surface area contributed by atoms with Crippen LogP contribution < -0.4 is 5.46 Å². The van der Waals surface area contributed by atoms with Crippen molar-refractivity contribution in [3.63, 3.8) is 0 Å². The van der Waals surface area contributed by atoms with Crippen molar-refractivity contribution in [2.24, 2.45) is 0 Å². The largest absolute Gasteiger partial charge is 0.329 e. The van der Waals surface area contributed by atoms with Gasteiger partial charge in [0.15, 0.2) is 16.7 Å². The van der Waals surface area contributed by atoms with E-state index >= 15 is 0 Å². The smallest absolute Gasteiger partial charge is 0.254 e. The molecule has 2 aromatic carbocycles. The Morgan fingerprint density at radius 2 is 2.03 bits per heavy atom. The summed E-state index contributed by atoms with van der Waals surface area (Å²) in [6.07, 6.45) is 0. The molecule has 0 N–H and O–H groups in total. The molecule has 6 nitrogen and oxygen atoms in total. The number of carbonyl (C=O) groups excluding carboxylic acids is 1. The van der Waals surface area contributed by atoms with Crippen LogP contribution in [0.1, 0.15) is 16.2 Å². The van der Waals surface area contributed by atoms with Crippen molar-refractivity contribution in [2.75, 3.05) is 6.54 Å². The standard InChI is InChI=1S/C19H14BClFN5OS/c20-12-7-10(1-3-13(12)22)19(28)26-5-6-27-16(9-26)24-25-17(27)18-23-14-4-2-11(21)8-15(14)29-18/h1-4,7-8H,5-6,9,20H2. The van der Waals surface area contributed by atoms with Crippen LogP contribution in [0.2, 0.25) is 5.02 Å². The number of rotatable bonds is 2. The summed E-state index contributed by atoms with van der Waals surface area (Å²) < 4.78 is 16.5. The lowest BCUT2D eigenvalue weighted by atomic mass is 9.93. The quantitative estimate of drug-likeness (QED) is 0.462. The van der Waals surface area contributed by atoms with E-state index in [-0.39, 0.29) is 11.7 Å². The Bertz CT molecular complexity index is 1270. The molecule has 0 radical (unpaired) electrons. The monoisotopic (exact) mass is 425 g/mol. The minimum atomic E-state index is -0.318. The van der Waals surface area contributed by atoms with Gasteiger partial charge in [0.05, 0.1) is 16.8 Å². The summed E-state index contributed by atoms with van der Waals surface area (Å²) in [4.78, 5) is 19.2. The van der Waals surface area contributed by atoms with Crippen molar-refractivity contribution in [3.05, 3.63) is 58.6 Å². The third kappa shape index (κ3) is 3.20. The summed E-state index contributed by atoms with van der Waals surface area (Å²) in [6.45, 7) is 1.43. The van der Waals surface area contributed by atoms with Gasteiger partial charge in [-0.2, -0.15) is 0 Å². The highest BCUT2D eigenvalue weighted by molar-refractivity contribution is 7.21. The molecule has 0 saturated heterocycles. The fraction of sp³-hybridized carbons (Fsp3) is 0.158. The van der Waals surface area contributed by atoms with Crippen molar-refractivity contribution < 1.29 is 9.18 Å². The predicted octanol–water partition coefficient (Wildman–Crippen LogP) is 2.26. The molecule has 3 heterocycles. The number of benzene rings is 2. The Balaban J connectivity index is 1.42. The first kappa shape index (κ1) is 18.3. The Labute approximate surface area is 175 Å². The minimum absolute atomic E-state index is 0.140. The van der Waals surface area contributed by atoms with Crippen LogP contribution >= 0.6 is 22.9 Å². The second kappa shape index (κ2) is 6.93. The van der Waals surface area contributed by atoms with Gasteiger partial charge in [-0.15, -0.1) is 21.5 Å². The molecule has 0 spiro atoms. The number of aromatic nitrogens is 4. The Kier molecular flexibility index (Phi) is 4.36. The summed E-state index contributed by atoms with van der Waals surface area (Å²) in [5.74, 6) is 0.943. The number of thiazole rings is 1. The van der Waals surface area contributed by atoms with E-state index < -0.39 is 0 Å². The highest BCUT2D eigenvalue weighted by Crippen LogP contribution is 2.32. The minimum Gasteiger partial charge on any atom is -0.329 e. The lowest BCUT2D eigenvalue weighted by Gasteiger charge is -2.27. The topological polar surface area (TPSA) is 63.9 Å². The maximum Gasteiger partial charge on any atom is 0.254 e. The maximum absolute atomic E-state index is 13.5. The van der Waals surface area contributed by atoms with Crippen LogP contribution in [-0.4, -0.2) is 44.9 Å². The van der Waals surface area contributed by atoms with Crippen LogP contribution in [0.5, 0.6) is 0 Å². The molecule has 144 valence electrons. The van der Waals surface area contributed by atoms with Gasteiger partial charge in [0.25, 0.3) is 5.91 Å². The molecule has 0 atom stereocenters. The van der Waals surface area contributed by atoms with Gasteiger partial charge >= 0.3 is 0 Å². The van der Waals surface area contributed by atoms with Gasteiger partial charge in [-0.25, -0.2) is 9.37 Å². The van der Waals surface area contributed by atoms with E-state index in [0.29, 0.717) is 47.3 Å². The third-order valence-electron chi connectivity index (χ3n) is 4.99. The molecule has 0 bridgehead atoms. The first-order valence-corrected chi connectivity index (χ1v) is 10.2. The second-order valence-corrected chi connectivity index (χ2v) is 8.38. The maximum atomic E-state index is 13.5. The zero-order valence-corrected chi connectivity index (χ0v) is 17.0. The van der Waals surface area contributed by atoms with Gasteiger partial charge < -0.3 is 9.47 Å². The third-order valence-corrected chi connectivity index (χ3v) is 6.24. The highest BCUT2D eigenvalue weighted by atomic mass is 35.5. The fourth-order valence-electron chi connectivity index (χ4n) is 3.44. The van der Waals surface area contributed by atoms with E-state index in [1.54, 1.807) is 18.8 Å². The average molecular weight is 426 g/mol. The van der Waals surface area contributed by atoms with Gasteiger partial charge in [-0.3, -0.25) is 4.79 Å². The van der Waals surface area contributed by atoms with Crippen molar-refractivity contribution in [1.29, 1.82) is 0 Å². The number of amides is 1. The zero-order valence-electron chi connectivity index (χ0n) is 15.4. The number of carbonyl (C=O) groups is 1. The van der Waals surface area contributed by atoms with Crippen LogP contribution in [0.3, 0.4) is 0 Å². The molecule has 5 rings (SSSR count). The molecule has 0 unspecified atom stereocenters. The van der Waals surface area contributed by atoms with E-state index in [1.807, 2.05) is 22.8 Å². The lowest BCUT2D eigenvalue weighted by Crippen LogP contribution is -2.38. The first-order valence-electron chi connectivity index (χ1n) is 9.03. The molecule has 29 heavy (non-hydrogen) atoms. The molecule has 10 heteroatoms. The van der Waals surface area contributed by atoms with Crippen molar-refractivity contribution >= 4 is 52.4 Å². The van der Waals surface area contributed by atoms with E-state index in [4.69, 9.17) is 11.6 Å². The summed E-state index contributed by atoms with van der Waals surface area (Å²) in [5.41, 5.74) is 1.79. The molecule has 0 aliphatic carbocycles. The molecule has 1 aliphatic rings. The fourth-order valence-corrected chi connectivity index (χ4v) is 4.68. The molecular formula is C19H14BClFN5OS. The molecule has 1 amide bonds. The molecule has 4 aromatic rings. The van der Waals surface area contributed by atoms with Gasteiger partial charge in [-0.05, 0) is 30.3 Å². The molecule has 1 aliphatic heterocycles.